The number of nitrogens with zero attached hydrogens (tertiary/aromatic N) is 1. The van der Waals surface area contributed by atoms with Crippen molar-refractivity contribution in [2.45, 2.75) is 43.9 Å². The monoisotopic (exact) mass is 236 g/mol. The van der Waals surface area contributed by atoms with Crippen LogP contribution < -0.4 is 5.32 Å². The first kappa shape index (κ1) is 11.7. The quantitative estimate of drug-likeness (QED) is 0.783. The maximum Gasteiger partial charge on any atom is 0.471 e. The van der Waals surface area contributed by atoms with Gasteiger partial charge in [0.05, 0.1) is 0 Å². The fraction of sp³-hybridized carbons (Fsp3) is 0.900. The van der Waals surface area contributed by atoms with E-state index in [4.69, 9.17) is 0 Å². The van der Waals surface area contributed by atoms with Gasteiger partial charge in [-0.15, -0.1) is 0 Å². The van der Waals surface area contributed by atoms with E-state index in [-0.39, 0.29) is 19.1 Å². The number of halogens is 3. The lowest BCUT2D eigenvalue weighted by atomic mass is 10.0. The number of nitrogens with one attached hydrogen (secondary N) is 1. The van der Waals surface area contributed by atoms with Crippen molar-refractivity contribution in [1.29, 1.82) is 0 Å². The summed E-state index contributed by atoms with van der Waals surface area (Å²) in [4.78, 5) is 11.8. The topological polar surface area (TPSA) is 32.3 Å². The average molecular weight is 236 g/mol. The molecule has 3 nitrogen and oxygen atoms in total. The van der Waals surface area contributed by atoms with Gasteiger partial charge in [-0.2, -0.15) is 13.2 Å². The van der Waals surface area contributed by atoms with Gasteiger partial charge in [-0.3, -0.25) is 4.79 Å². The van der Waals surface area contributed by atoms with E-state index >= 15 is 0 Å². The second-order valence-electron chi connectivity index (χ2n) is 4.51. The van der Waals surface area contributed by atoms with Crippen molar-refractivity contribution in [1.82, 2.24) is 10.2 Å². The van der Waals surface area contributed by atoms with Gasteiger partial charge in [0.1, 0.15) is 0 Å². The van der Waals surface area contributed by atoms with Crippen LogP contribution in [0.15, 0.2) is 0 Å². The molecule has 1 N–H and O–H groups in total. The molecule has 1 saturated heterocycles. The molecule has 1 aliphatic carbocycles. The van der Waals surface area contributed by atoms with Crippen molar-refractivity contribution in [2.24, 2.45) is 0 Å². The lowest BCUT2D eigenvalue weighted by Crippen LogP contribution is -2.49. The molecule has 0 radical (unpaired) electrons. The van der Waals surface area contributed by atoms with Crippen LogP contribution in [0, 0.1) is 0 Å². The van der Waals surface area contributed by atoms with Crippen LogP contribution in [-0.2, 0) is 4.79 Å². The van der Waals surface area contributed by atoms with Gasteiger partial charge in [0.15, 0.2) is 0 Å². The van der Waals surface area contributed by atoms with Gasteiger partial charge in [0.25, 0.3) is 0 Å². The summed E-state index contributed by atoms with van der Waals surface area (Å²) in [5.74, 6) is -1.70. The first-order chi connectivity index (χ1) is 7.47. The maximum absolute atomic E-state index is 12.1. The summed E-state index contributed by atoms with van der Waals surface area (Å²) >= 11 is 0. The summed E-state index contributed by atoms with van der Waals surface area (Å²) in [5, 5.41) is 3.37. The summed E-state index contributed by atoms with van der Waals surface area (Å²) in [6, 6.07) is 0.847. The summed E-state index contributed by atoms with van der Waals surface area (Å²) < 4.78 is 36.4. The third kappa shape index (κ3) is 2.87. The zero-order chi connectivity index (χ0) is 11.8. The third-order valence-electron chi connectivity index (χ3n) is 3.07. The number of hydrogen-bond donors (Lipinski definition) is 1. The van der Waals surface area contributed by atoms with Crippen molar-refractivity contribution in [3.63, 3.8) is 0 Å². The number of amides is 1. The molecule has 0 atom stereocenters. The molecule has 0 aromatic rings. The van der Waals surface area contributed by atoms with Crippen LogP contribution in [0.4, 0.5) is 13.2 Å². The van der Waals surface area contributed by atoms with E-state index in [2.05, 4.69) is 5.32 Å². The molecule has 0 aromatic carbocycles. The molecule has 2 rings (SSSR count). The fourth-order valence-electron chi connectivity index (χ4n) is 2.01. The van der Waals surface area contributed by atoms with Gasteiger partial charge in [-0.05, 0) is 25.7 Å². The number of piperidine rings is 1. The number of carbonyl (C=O) groups is 1. The highest BCUT2D eigenvalue weighted by molar-refractivity contribution is 5.81. The van der Waals surface area contributed by atoms with Gasteiger partial charge in [-0.1, -0.05) is 0 Å². The minimum Gasteiger partial charge on any atom is -0.335 e. The SMILES string of the molecule is O=C(N1CCC(NC2CC2)CC1)C(F)(F)F. The van der Waals surface area contributed by atoms with Gasteiger partial charge >= 0.3 is 12.1 Å². The van der Waals surface area contributed by atoms with E-state index in [1.54, 1.807) is 0 Å². The zero-order valence-electron chi connectivity index (χ0n) is 8.89. The second kappa shape index (κ2) is 4.24. The number of carbonyl (C=O) groups excluding carboxylic acids is 1. The summed E-state index contributed by atoms with van der Waals surface area (Å²) in [5.41, 5.74) is 0. The van der Waals surface area contributed by atoms with Gasteiger partial charge in [-0.25, -0.2) is 0 Å². The number of hydrogen-bond acceptors (Lipinski definition) is 2. The second-order valence-corrected chi connectivity index (χ2v) is 4.51. The van der Waals surface area contributed by atoms with Crippen molar-refractivity contribution >= 4 is 5.91 Å². The number of alkyl halides is 3. The van der Waals surface area contributed by atoms with Crippen LogP contribution in [0.5, 0.6) is 0 Å². The third-order valence-corrected chi connectivity index (χ3v) is 3.07. The first-order valence-electron chi connectivity index (χ1n) is 5.59. The van der Waals surface area contributed by atoms with Gasteiger partial charge in [0.2, 0.25) is 0 Å². The average Bonchev–Trinajstić information content (AvgIpc) is 3.00. The highest BCUT2D eigenvalue weighted by atomic mass is 19.4. The molecule has 0 bridgehead atoms. The summed E-state index contributed by atoms with van der Waals surface area (Å²) in [6.07, 6.45) is -1.14. The predicted octanol–water partition coefficient (Wildman–Crippen LogP) is 1.29. The van der Waals surface area contributed by atoms with Crippen molar-refractivity contribution < 1.29 is 18.0 Å². The molecular formula is C10H15F3N2O. The standard InChI is InChI=1S/C10H15F3N2O/c11-10(12,13)9(16)15-5-3-8(4-6-15)14-7-1-2-7/h7-8,14H,1-6H2. The number of likely N-dealkylation sites (tertiary alicyclic amines) is 1. The van der Waals surface area contributed by atoms with E-state index in [1.165, 1.54) is 12.8 Å². The highest BCUT2D eigenvalue weighted by Gasteiger charge is 2.43. The Balaban J connectivity index is 1.77. The Morgan fingerprint density at radius 1 is 1.06 bits per heavy atom. The molecule has 0 aromatic heterocycles. The maximum atomic E-state index is 12.1. The Bertz CT molecular complexity index is 268. The molecule has 2 aliphatic rings. The van der Waals surface area contributed by atoms with Gasteiger partial charge in [0, 0.05) is 25.2 Å². The Morgan fingerprint density at radius 2 is 1.56 bits per heavy atom. The minimum absolute atomic E-state index is 0.211. The summed E-state index contributed by atoms with van der Waals surface area (Å²) in [6.45, 7) is 0.422. The van der Waals surface area contributed by atoms with Crippen molar-refractivity contribution in [3.05, 3.63) is 0 Å². The van der Waals surface area contributed by atoms with E-state index in [9.17, 15) is 18.0 Å². The van der Waals surface area contributed by atoms with E-state index in [1.807, 2.05) is 0 Å². The molecule has 6 heteroatoms. The lowest BCUT2D eigenvalue weighted by Gasteiger charge is -2.32. The van der Waals surface area contributed by atoms with Crippen LogP contribution in [0.1, 0.15) is 25.7 Å². The molecule has 1 saturated carbocycles. The normalized spacial score (nSPS) is 23.6. The molecule has 92 valence electrons. The number of rotatable bonds is 2. The van der Waals surface area contributed by atoms with E-state index < -0.39 is 12.1 Å². The van der Waals surface area contributed by atoms with Crippen LogP contribution >= 0.6 is 0 Å². The molecule has 2 fully saturated rings. The molecule has 1 aliphatic heterocycles. The molecule has 1 heterocycles. The Kier molecular flexibility index (Phi) is 3.10. The molecule has 1 amide bonds. The first-order valence-corrected chi connectivity index (χ1v) is 5.59. The van der Waals surface area contributed by atoms with Crippen LogP contribution in [0.2, 0.25) is 0 Å². The molecule has 0 spiro atoms. The molecule has 0 unspecified atom stereocenters. The smallest absolute Gasteiger partial charge is 0.335 e. The van der Waals surface area contributed by atoms with Crippen LogP contribution in [0.25, 0.3) is 0 Å². The van der Waals surface area contributed by atoms with Crippen LogP contribution in [-0.4, -0.2) is 42.2 Å². The fourth-order valence-corrected chi connectivity index (χ4v) is 2.01. The molecular weight excluding hydrogens is 221 g/mol. The highest BCUT2D eigenvalue weighted by Crippen LogP contribution is 2.24. The Morgan fingerprint density at radius 3 is 2.00 bits per heavy atom. The Hall–Kier alpha value is -0.780. The molecule has 16 heavy (non-hydrogen) atoms. The Labute approximate surface area is 92.0 Å². The van der Waals surface area contributed by atoms with E-state index in [0.29, 0.717) is 18.9 Å². The largest absolute Gasteiger partial charge is 0.471 e. The van der Waals surface area contributed by atoms with Crippen molar-refractivity contribution in [2.75, 3.05) is 13.1 Å². The lowest BCUT2D eigenvalue weighted by molar-refractivity contribution is -0.186. The predicted molar refractivity (Wildman–Crippen MR) is 51.8 cm³/mol. The van der Waals surface area contributed by atoms with Crippen LogP contribution in [0.3, 0.4) is 0 Å². The zero-order valence-corrected chi connectivity index (χ0v) is 8.89. The van der Waals surface area contributed by atoms with Crippen molar-refractivity contribution in [3.8, 4) is 0 Å². The minimum atomic E-state index is -4.73. The van der Waals surface area contributed by atoms with E-state index in [0.717, 1.165) is 4.90 Å². The van der Waals surface area contributed by atoms with Gasteiger partial charge < -0.3 is 10.2 Å². The summed E-state index contributed by atoms with van der Waals surface area (Å²) in [7, 11) is 0.